The second kappa shape index (κ2) is 8.84. The van der Waals surface area contributed by atoms with E-state index in [-0.39, 0.29) is 5.69 Å². The van der Waals surface area contributed by atoms with E-state index in [1.54, 1.807) is 24.3 Å². The van der Waals surface area contributed by atoms with Gasteiger partial charge in [0.2, 0.25) is 0 Å². The van der Waals surface area contributed by atoms with Gasteiger partial charge in [0.15, 0.2) is 5.69 Å². The number of carbonyl (C=O) groups excluding carboxylic acids is 1. The number of hydrogen-bond donors (Lipinski definition) is 3. The highest BCUT2D eigenvalue weighted by Crippen LogP contribution is 2.29. The van der Waals surface area contributed by atoms with Crippen molar-refractivity contribution in [3.8, 4) is 0 Å². The molecule has 0 saturated carbocycles. The molecule has 4 aromatic rings. The predicted octanol–water partition coefficient (Wildman–Crippen LogP) is 5.81. The Balaban J connectivity index is 1.67. The molecule has 0 aliphatic carbocycles. The van der Waals surface area contributed by atoms with Crippen LogP contribution in [-0.4, -0.2) is 6.03 Å². The summed E-state index contributed by atoms with van der Waals surface area (Å²) in [7, 11) is 0. The minimum Gasteiger partial charge on any atom is -0.421 e. The molecule has 2 amide bonds. The normalized spacial score (nSPS) is 10.6. The van der Waals surface area contributed by atoms with Crippen molar-refractivity contribution < 1.29 is 9.21 Å². The predicted molar refractivity (Wildman–Crippen MR) is 123 cm³/mol. The third kappa shape index (κ3) is 4.36. The lowest BCUT2D eigenvalue weighted by Gasteiger charge is -2.15. The second-order valence-electron chi connectivity index (χ2n) is 6.53. The minimum atomic E-state index is -0.633. The first-order valence-electron chi connectivity index (χ1n) is 9.28. The molecule has 1 aromatic heterocycles. The first-order valence-corrected chi connectivity index (χ1v) is 10.1. The van der Waals surface area contributed by atoms with Gasteiger partial charge in [-0.1, -0.05) is 54.6 Å². The van der Waals surface area contributed by atoms with Crippen molar-refractivity contribution >= 4 is 50.0 Å². The van der Waals surface area contributed by atoms with Crippen molar-refractivity contribution in [3.63, 3.8) is 0 Å². The maximum atomic E-state index is 12.7. The van der Waals surface area contributed by atoms with Gasteiger partial charge in [-0.15, -0.1) is 0 Å². The Morgan fingerprint density at radius 3 is 2.33 bits per heavy atom. The molecule has 0 fully saturated rings. The van der Waals surface area contributed by atoms with Gasteiger partial charge in [-0.25, -0.2) is 9.59 Å². The van der Waals surface area contributed by atoms with Crippen LogP contribution in [0.5, 0.6) is 0 Å². The van der Waals surface area contributed by atoms with Gasteiger partial charge in [-0.2, -0.15) is 0 Å². The van der Waals surface area contributed by atoms with E-state index in [9.17, 15) is 9.59 Å². The maximum Gasteiger partial charge on any atom is 0.362 e. The van der Waals surface area contributed by atoms with Crippen LogP contribution < -0.4 is 21.6 Å². The van der Waals surface area contributed by atoms with Crippen LogP contribution in [0, 0.1) is 0 Å². The lowest BCUT2D eigenvalue weighted by Crippen LogP contribution is -2.24. The third-order valence-electron chi connectivity index (χ3n) is 4.49. The van der Waals surface area contributed by atoms with E-state index in [4.69, 9.17) is 4.42 Å². The quantitative estimate of drug-likeness (QED) is 0.326. The summed E-state index contributed by atoms with van der Waals surface area (Å²) in [5.41, 5.74) is 1.99. The van der Waals surface area contributed by atoms with E-state index in [0.717, 1.165) is 10.0 Å². The number of carbonyl (C=O) groups is 1. The standard InChI is InChI=1S/C23H18BrN3O3/c24-17-11-5-6-12-18(17)26-23(29)27-21-20(25-14-15-8-2-1-3-9-15)16-10-4-7-13-19(16)30-22(21)28/h1-13,25H,14H2,(H2,26,27,29). The number of urea groups is 1. The summed E-state index contributed by atoms with van der Waals surface area (Å²) in [5.74, 6) is 0. The van der Waals surface area contributed by atoms with Crippen LogP contribution in [0.25, 0.3) is 11.0 Å². The zero-order valence-corrected chi connectivity index (χ0v) is 17.4. The van der Waals surface area contributed by atoms with Gasteiger partial charge in [-0.05, 0) is 45.8 Å². The molecular weight excluding hydrogens is 446 g/mol. The fourth-order valence-electron chi connectivity index (χ4n) is 3.06. The largest absolute Gasteiger partial charge is 0.421 e. The number of anilines is 3. The molecule has 7 heteroatoms. The molecule has 6 nitrogen and oxygen atoms in total. The van der Waals surface area contributed by atoms with E-state index in [1.165, 1.54) is 0 Å². The van der Waals surface area contributed by atoms with Crippen molar-refractivity contribution in [2.24, 2.45) is 0 Å². The molecule has 0 atom stereocenters. The number of rotatable bonds is 5. The summed E-state index contributed by atoms with van der Waals surface area (Å²) in [4.78, 5) is 25.3. The van der Waals surface area contributed by atoms with Gasteiger partial charge in [-0.3, -0.25) is 5.32 Å². The van der Waals surface area contributed by atoms with E-state index in [0.29, 0.717) is 28.9 Å². The molecule has 30 heavy (non-hydrogen) atoms. The summed E-state index contributed by atoms with van der Waals surface area (Å²) >= 11 is 3.39. The lowest BCUT2D eigenvalue weighted by molar-refractivity contribution is 0.262. The molecule has 1 heterocycles. The van der Waals surface area contributed by atoms with Gasteiger partial charge in [0.05, 0.1) is 11.4 Å². The summed E-state index contributed by atoms with van der Waals surface area (Å²) in [6, 6.07) is 23.6. The zero-order valence-electron chi connectivity index (χ0n) is 15.8. The number of benzene rings is 3. The lowest BCUT2D eigenvalue weighted by atomic mass is 10.1. The Kier molecular flexibility index (Phi) is 5.81. The van der Waals surface area contributed by atoms with Crippen molar-refractivity contribution in [1.29, 1.82) is 0 Å². The summed E-state index contributed by atoms with van der Waals surface area (Å²) in [5, 5.41) is 9.35. The van der Waals surface area contributed by atoms with E-state index in [1.807, 2.05) is 54.6 Å². The number of para-hydroxylation sites is 2. The topological polar surface area (TPSA) is 83.4 Å². The Hall–Kier alpha value is -3.58. The molecule has 0 saturated heterocycles. The smallest absolute Gasteiger partial charge is 0.362 e. The zero-order chi connectivity index (χ0) is 20.9. The van der Waals surface area contributed by atoms with Crippen LogP contribution >= 0.6 is 15.9 Å². The Bertz CT molecular complexity index is 1260. The monoisotopic (exact) mass is 463 g/mol. The SMILES string of the molecule is O=C(Nc1ccccc1Br)Nc1c(NCc2ccccc2)c2ccccc2oc1=O. The van der Waals surface area contributed by atoms with Crippen molar-refractivity contribution in [3.05, 3.63) is 99.3 Å². The van der Waals surface area contributed by atoms with Gasteiger partial charge >= 0.3 is 11.7 Å². The minimum absolute atomic E-state index is 0.0502. The highest BCUT2D eigenvalue weighted by molar-refractivity contribution is 9.10. The average molecular weight is 464 g/mol. The first kappa shape index (κ1) is 19.7. The molecule has 3 N–H and O–H groups in total. The number of fused-ring (bicyclic) bond motifs is 1. The molecule has 3 aromatic carbocycles. The highest BCUT2D eigenvalue weighted by Gasteiger charge is 2.17. The Labute approximate surface area is 181 Å². The fourth-order valence-corrected chi connectivity index (χ4v) is 3.45. The maximum absolute atomic E-state index is 12.7. The Morgan fingerprint density at radius 1 is 0.833 bits per heavy atom. The van der Waals surface area contributed by atoms with Gasteiger partial charge in [0.1, 0.15) is 5.58 Å². The van der Waals surface area contributed by atoms with Crippen molar-refractivity contribution in [1.82, 2.24) is 0 Å². The molecule has 0 spiro atoms. The van der Waals surface area contributed by atoms with Gasteiger partial charge < -0.3 is 15.1 Å². The van der Waals surface area contributed by atoms with Crippen LogP contribution in [0.4, 0.5) is 21.9 Å². The summed E-state index contributed by atoms with van der Waals surface area (Å²) < 4.78 is 6.14. The van der Waals surface area contributed by atoms with E-state index < -0.39 is 11.7 Å². The molecule has 0 aliphatic rings. The van der Waals surface area contributed by atoms with Crippen LogP contribution in [0.15, 0.2) is 92.5 Å². The van der Waals surface area contributed by atoms with Gasteiger partial charge in [0.25, 0.3) is 0 Å². The van der Waals surface area contributed by atoms with Crippen LogP contribution in [0.3, 0.4) is 0 Å². The Morgan fingerprint density at radius 2 is 1.53 bits per heavy atom. The van der Waals surface area contributed by atoms with Crippen LogP contribution in [0.1, 0.15) is 5.56 Å². The molecule has 150 valence electrons. The van der Waals surface area contributed by atoms with Crippen molar-refractivity contribution in [2.45, 2.75) is 6.54 Å². The summed E-state index contributed by atoms with van der Waals surface area (Å²) in [6.45, 7) is 0.481. The molecule has 4 rings (SSSR count). The number of nitrogens with one attached hydrogen (secondary N) is 3. The first-order chi connectivity index (χ1) is 14.6. The molecular formula is C23H18BrN3O3. The second-order valence-corrected chi connectivity index (χ2v) is 7.39. The van der Waals surface area contributed by atoms with Crippen molar-refractivity contribution in [2.75, 3.05) is 16.0 Å². The molecule has 0 radical (unpaired) electrons. The van der Waals surface area contributed by atoms with Crippen LogP contribution in [-0.2, 0) is 6.54 Å². The molecule has 0 unspecified atom stereocenters. The highest BCUT2D eigenvalue weighted by atomic mass is 79.9. The van der Waals surface area contributed by atoms with E-state index in [2.05, 4.69) is 31.9 Å². The molecule has 0 aliphatic heterocycles. The van der Waals surface area contributed by atoms with E-state index >= 15 is 0 Å². The van der Waals surface area contributed by atoms with Crippen LogP contribution in [0.2, 0.25) is 0 Å². The number of amides is 2. The number of hydrogen-bond acceptors (Lipinski definition) is 4. The fraction of sp³-hybridized carbons (Fsp3) is 0.0435. The summed E-state index contributed by atoms with van der Waals surface area (Å²) in [6.07, 6.45) is 0. The molecule has 0 bridgehead atoms. The number of halogens is 1. The third-order valence-corrected chi connectivity index (χ3v) is 5.18. The average Bonchev–Trinajstić information content (AvgIpc) is 2.76. The van der Waals surface area contributed by atoms with Gasteiger partial charge in [0, 0.05) is 16.4 Å².